The van der Waals surface area contributed by atoms with Crippen LogP contribution in [0.3, 0.4) is 0 Å². The molecule has 6 heteroatoms. The van der Waals surface area contributed by atoms with Gasteiger partial charge in [0.05, 0.1) is 11.5 Å². The van der Waals surface area contributed by atoms with Crippen molar-refractivity contribution in [2.45, 2.75) is 12.5 Å². The van der Waals surface area contributed by atoms with Gasteiger partial charge in [-0.3, -0.25) is 0 Å². The SMILES string of the molecule is O=S1(=O)CCC(NCCOc2cccc(Cl)c2)C1. The van der Waals surface area contributed by atoms with E-state index in [1.807, 2.05) is 12.1 Å². The largest absolute Gasteiger partial charge is 0.492 e. The average molecular weight is 290 g/mol. The Balaban J connectivity index is 1.68. The van der Waals surface area contributed by atoms with Gasteiger partial charge in [0, 0.05) is 17.6 Å². The summed E-state index contributed by atoms with van der Waals surface area (Å²) in [6, 6.07) is 7.27. The summed E-state index contributed by atoms with van der Waals surface area (Å²) in [6.07, 6.45) is 0.694. The van der Waals surface area contributed by atoms with Crippen LogP contribution in [-0.2, 0) is 9.84 Å². The molecule has 0 radical (unpaired) electrons. The molecule has 1 aromatic rings. The van der Waals surface area contributed by atoms with Crippen molar-refractivity contribution in [2.24, 2.45) is 0 Å². The van der Waals surface area contributed by atoms with Gasteiger partial charge in [0.1, 0.15) is 12.4 Å². The Morgan fingerprint density at radius 3 is 2.94 bits per heavy atom. The first-order valence-electron chi connectivity index (χ1n) is 5.87. The van der Waals surface area contributed by atoms with Gasteiger partial charge in [0.15, 0.2) is 9.84 Å². The average Bonchev–Trinajstić information content (AvgIpc) is 2.65. The number of rotatable bonds is 5. The minimum atomic E-state index is -2.81. The number of nitrogens with one attached hydrogen (secondary N) is 1. The Bertz CT molecular complexity index is 504. The summed E-state index contributed by atoms with van der Waals surface area (Å²) in [7, 11) is -2.81. The van der Waals surface area contributed by atoms with Gasteiger partial charge in [-0.25, -0.2) is 8.42 Å². The fraction of sp³-hybridized carbons (Fsp3) is 0.500. The maximum Gasteiger partial charge on any atom is 0.151 e. The Morgan fingerprint density at radius 2 is 2.28 bits per heavy atom. The molecule has 100 valence electrons. The van der Waals surface area contributed by atoms with E-state index < -0.39 is 9.84 Å². The van der Waals surface area contributed by atoms with Crippen LogP contribution < -0.4 is 10.1 Å². The molecule has 1 atom stereocenters. The zero-order valence-electron chi connectivity index (χ0n) is 9.93. The number of hydrogen-bond donors (Lipinski definition) is 1. The highest BCUT2D eigenvalue weighted by Crippen LogP contribution is 2.16. The molecule has 0 aromatic heterocycles. The molecule has 0 amide bonds. The molecule has 0 saturated carbocycles. The molecule has 18 heavy (non-hydrogen) atoms. The van der Waals surface area contributed by atoms with E-state index in [1.165, 1.54) is 0 Å². The predicted octanol–water partition coefficient (Wildman–Crippen LogP) is 1.50. The molecule has 1 aromatic carbocycles. The van der Waals surface area contributed by atoms with Crippen LogP contribution in [-0.4, -0.2) is 39.1 Å². The Hall–Kier alpha value is -0.780. The number of halogens is 1. The first-order chi connectivity index (χ1) is 8.55. The van der Waals surface area contributed by atoms with Crippen molar-refractivity contribution in [1.29, 1.82) is 0 Å². The quantitative estimate of drug-likeness (QED) is 0.835. The lowest BCUT2D eigenvalue weighted by Gasteiger charge is -2.11. The molecule has 1 unspecified atom stereocenters. The van der Waals surface area contributed by atoms with Crippen LogP contribution >= 0.6 is 11.6 Å². The monoisotopic (exact) mass is 289 g/mol. The highest BCUT2D eigenvalue weighted by Gasteiger charge is 2.26. The van der Waals surface area contributed by atoms with E-state index in [9.17, 15) is 8.42 Å². The van der Waals surface area contributed by atoms with Crippen molar-refractivity contribution in [1.82, 2.24) is 5.32 Å². The van der Waals surface area contributed by atoms with Crippen LogP contribution in [0.15, 0.2) is 24.3 Å². The number of hydrogen-bond acceptors (Lipinski definition) is 4. The van der Waals surface area contributed by atoms with E-state index in [-0.39, 0.29) is 11.8 Å². The molecular formula is C12H16ClNO3S. The van der Waals surface area contributed by atoms with E-state index in [2.05, 4.69) is 5.32 Å². The van der Waals surface area contributed by atoms with E-state index >= 15 is 0 Å². The van der Waals surface area contributed by atoms with Crippen LogP contribution in [0, 0.1) is 0 Å². The molecule has 1 aliphatic heterocycles. The minimum Gasteiger partial charge on any atom is -0.492 e. The third-order valence-electron chi connectivity index (χ3n) is 2.83. The van der Waals surface area contributed by atoms with E-state index in [4.69, 9.17) is 16.3 Å². The molecule has 1 N–H and O–H groups in total. The standard InChI is InChI=1S/C12H16ClNO3S/c13-10-2-1-3-12(8-10)17-6-5-14-11-4-7-18(15,16)9-11/h1-3,8,11,14H,4-7,9H2. The molecule has 2 rings (SSSR count). The van der Waals surface area contributed by atoms with Gasteiger partial charge in [0.25, 0.3) is 0 Å². The van der Waals surface area contributed by atoms with Gasteiger partial charge >= 0.3 is 0 Å². The summed E-state index contributed by atoms with van der Waals surface area (Å²) in [5.74, 6) is 1.26. The summed E-state index contributed by atoms with van der Waals surface area (Å²) in [6.45, 7) is 1.13. The fourth-order valence-corrected chi connectivity index (χ4v) is 3.83. The summed E-state index contributed by atoms with van der Waals surface area (Å²) in [5, 5.41) is 3.83. The van der Waals surface area contributed by atoms with E-state index in [0.29, 0.717) is 30.3 Å². The lowest BCUT2D eigenvalue weighted by molar-refractivity contribution is 0.307. The molecule has 0 bridgehead atoms. The van der Waals surface area contributed by atoms with Crippen LogP contribution in [0.5, 0.6) is 5.75 Å². The molecular weight excluding hydrogens is 274 g/mol. The normalized spacial score (nSPS) is 21.9. The van der Waals surface area contributed by atoms with Gasteiger partial charge < -0.3 is 10.1 Å². The lowest BCUT2D eigenvalue weighted by atomic mass is 10.3. The van der Waals surface area contributed by atoms with Gasteiger partial charge in [0.2, 0.25) is 0 Å². The smallest absolute Gasteiger partial charge is 0.151 e. The highest BCUT2D eigenvalue weighted by molar-refractivity contribution is 7.91. The van der Waals surface area contributed by atoms with E-state index in [1.54, 1.807) is 12.1 Å². The molecule has 0 spiro atoms. The molecule has 1 fully saturated rings. The van der Waals surface area contributed by atoms with Crippen molar-refractivity contribution in [2.75, 3.05) is 24.7 Å². The van der Waals surface area contributed by atoms with Crippen molar-refractivity contribution in [3.05, 3.63) is 29.3 Å². The second kappa shape index (κ2) is 5.91. The molecule has 1 heterocycles. The second-order valence-electron chi connectivity index (χ2n) is 4.36. The lowest BCUT2D eigenvalue weighted by Crippen LogP contribution is -2.33. The number of ether oxygens (including phenoxy) is 1. The second-order valence-corrected chi connectivity index (χ2v) is 7.03. The fourth-order valence-electron chi connectivity index (χ4n) is 1.94. The highest BCUT2D eigenvalue weighted by atomic mass is 35.5. The first-order valence-corrected chi connectivity index (χ1v) is 8.07. The minimum absolute atomic E-state index is 0.0676. The van der Waals surface area contributed by atoms with Crippen LogP contribution in [0.2, 0.25) is 5.02 Å². The summed E-state index contributed by atoms with van der Waals surface area (Å²) in [4.78, 5) is 0. The van der Waals surface area contributed by atoms with Crippen molar-refractivity contribution in [3.63, 3.8) is 0 Å². The summed E-state index contributed by atoms with van der Waals surface area (Å²) < 4.78 is 28.0. The van der Waals surface area contributed by atoms with Crippen molar-refractivity contribution >= 4 is 21.4 Å². The van der Waals surface area contributed by atoms with Gasteiger partial charge in [-0.05, 0) is 24.6 Å². The third-order valence-corrected chi connectivity index (χ3v) is 4.84. The summed E-state index contributed by atoms with van der Waals surface area (Å²) >= 11 is 5.83. The third kappa shape index (κ3) is 4.15. The Kier molecular flexibility index (Phi) is 4.48. The molecule has 4 nitrogen and oxygen atoms in total. The van der Waals surface area contributed by atoms with Crippen LogP contribution in [0.25, 0.3) is 0 Å². The zero-order chi connectivity index (χ0) is 13.0. The van der Waals surface area contributed by atoms with E-state index in [0.717, 1.165) is 5.75 Å². The topological polar surface area (TPSA) is 55.4 Å². The van der Waals surface area contributed by atoms with Crippen molar-refractivity contribution in [3.8, 4) is 5.75 Å². The number of benzene rings is 1. The Morgan fingerprint density at radius 1 is 1.44 bits per heavy atom. The molecule has 1 aliphatic rings. The summed E-state index contributed by atoms with van der Waals surface area (Å²) in [5.41, 5.74) is 0. The van der Waals surface area contributed by atoms with Gasteiger partial charge in [-0.2, -0.15) is 0 Å². The molecule has 1 saturated heterocycles. The maximum atomic E-state index is 11.2. The predicted molar refractivity (Wildman–Crippen MR) is 72.0 cm³/mol. The van der Waals surface area contributed by atoms with Crippen LogP contribution in [0.4, 0.5) is 0 Å². The van der Waals surface area contributed by atoms with Crippen LogP contribution in [0.1, 0.15) is 6.42 Å². The molecule has 0 aliphatic carbocycles. The zero-order valence-corrected chi connectivity index (χ0v) is 11.5. The van der Waals surface area contributed by atoms with Gasteiger partial charge in [-0.15, -0.1) is 0 Å². The maximum absolute atomic E-state index is 11.2. The Labute approximate surface area is 112 Å². The van der Waals surface area contributed by atoms with Crippen molar-refractivity contribution < 1.29 is 13.2 Å². The number of sulfone groups is 1. The first kappa shape index (κ1) is 13.6. The van der Waals surface area contributed by atoms with Gasteiger partial charge in [-0.1, -0.05) is 17.7 Å².